The largest absolute Gasteiger partial charge is 0.493 e. The minimum absolute atomic E-state index is 0.234. The van der Waals surface area contributed by atoms with E-state index in [9.17, 15) is 4.79 Å². The van der Waals surface area contributed by atoms with Crippen LogP contribution in [0.2, 0.25) is 0 Å². The van der Waals surface area contributed by atoms with E-state index < -0.39 is 0 Å². The van der Waals surface area contributed by atoms with Gasteiger partial charge in [-0.3, -0.25) is 4.79 Å². The first-order valence-corrected chi connectivity index (χ1v) is 13.7. The molecule has 0 spiro atoms. The number of ether oxygens (including phenoxy) is 1. The van der Waals surface area contributed by atoms with E-state index in [1.54, 1.807) is 0 Å². The molecule has 2 aromatic rings. The van der Waals surface area contributed by atoms with Crippen molar-refractivity contribution in [3.05, 3.63) is 65.2 Å². The number of aryl methyl sites for hydroxylation is 1. The van der Waals surface area contributed by atoms with Crippen LogP contribution in [0.5, 0.6) is 5.75 Å². The summed E-state index contributed by atoms with van der Waals surface area (Å²) in [6.07, 6.45) is 7.57. The summed E-state index contributed by atoms with van der Waals surface area (Å²) < 4.78 is 6.23. The van der Waals surface area contributed by atoms with E-state index in [2.05, 4.69) is 90.1 Å². The monoisotopic (exact) mass is 478 g/mol. The minimum Gasteiger partial charge on any atom is -0.493 e. The van der Waals surface area contributed by atoms with E-state index in [-0.39, 0.29) is 10.8 Å². The fourth-order valence-electron chi connectivity index (χ4n) is 4.67. The Morgan fingerprint density at radius 3 is 2.47 bits per heavy atom. The Balaban J connectivity index is 1.55. The molecule has 0 heterocycles. The summed E-state index contributed by atoms with van der Waals surface area (Å²) in [5.41, 5.74) is 5.21. The molecule has 1 aliphatic carbocycles. The van der Waals surface area contributed by atoms with Crippen LogP contribution in [-0.4, -0.2) is 17.5 Å². The number of carbonyl (C=O) groups excluding carboxylic acids is 1. The van der Waals surface area contributed by atoms with Crippen LogP contribution in [0.25, 0.3) is 11.6 Å². The molecule has 1 atom stereocenters. The number of thioether (sulfide) groups is 1. The van der Waals surface area contributed by atoms with E-state index in [4.69, 9.17) is 4.74 Å². The average molecular weight is 479 g/mol. The highest BCUT2D eigenvalue weighted by molar-refractivity contribution is 8.13. The molecule has 0 aromatic heterocycles. The lowest BCUT2D eigenvalue weighted by molar-refractivity contribution is -0.120. The maximum absolute atomic E-state index is 12.9. The second-order valence-electron chi connectivity index (χ2n) is 11.4. The third-order valence-electron chi connectivity index (χ3n) is 6.97. The number of hydrogen-bond acceptors (Lipinski definition) is 3. The summed E-state index contributed by atoms with van der Waals surface area (Å²) >= 11 is 1.47. The smallest absolute Gasteiger partial charge is 0.194 e. The van der Waals surface area contributed by atoms with Gasteiger partial charge >= 0.3 is 0 Å². The quantitative estimate of drug-likeness (QED) is 0.337. The van der Waals surface area contributed by atoms with E-state index >= 15 is 0 Å². The zero-order valence-corrected chi connectivity index (χ0v) is 22.8. The maximum atomic E-state index is 12.9. The Hall–Kier alpha value is -2.00. The Labute approximate surface area is 211 Å². The lowest BCUT2D eigenvalue weighted by Gasteiger charge is -2.34. The van der Waals surface area contributed by atoms with Crippen LogP contribution in [0.1, 0.15) is 83.9 Å². The zero-order valence-electron chi connectivity index (χ0n) is 21.9. The summed E-state index contributed by atoms with van der Waals surface area (Å²) in [5.74, 6) is 2.10. The van der Waals surface area contributed by atoms with Crippen molar-refractivity contribution < 1.29 is 9.53 Å². The van der Waals surface area contributed by atoms with Gasteiger partial charge in [0, 0.05) is 16.7 Å². The van der Waals surface area contributed by atoms with Crippen molar-refractivity contribution in [2.75, 3.05) is 12.4 Å². The molecule has 0 saturated carbocycles. The second kappa shape index (κ2) is 11.6. The van der Waals surface area contributed by atoms with E-state index in [1.807, 2.05) is 6.07 Å². The summed E-state index contributed by atoms with van der Waals surface area (Å²) in [6.45, 7) is 13.8. The van der Waals surface area contributed by atoms with Gasteiger partial charge in [0.1, 0.15) is 5.75 Å². The fourth-order valence-corrected chi connectivity index (χ4v) is 5.69. The van der Waals surface area contributed by atoms with Gasteiger partial charge in [0.2, 0.25) is 0 Å². The highest BCUT2D eigenvalue weighted by Gasteiger charge is 2.35. The van der Waals surface area contributed by atoms with Crippen LogP contribution in [0.4, 0.5) is 0 Å². The minimum atomic E-state index is -0.312. The SMILES string of the molecule is CC(CC(C)(C)C)C(C)(C)C(=O)SCCCOc1ccccc1C1=Cc2ccccc2CCC1. The predicted octanol–water partition coefficient (Wildman–Crippen LogP) is 8.69. The van der Waals surface area contributed by atoms with Crippen LogP contribution in [0.3, 0.4) is 0 Å². The molecule has 0 N–H and O–H groups in total. The van der Waals surface area contributed by atoms with Crippen LogP contribution in [0.15, 0.2) is 48.5 Å². The molecular weight excluding hydrogens is 436 g/mol. The van der Waals surface area contributed by atoms with Crippen LogP contribution >= 0.6 is 11.8 Å². The molecule has 0 radical (unpaired) electrons. The van der Waals surface area contributed by atoms with Gasteiger partial charge in [0.15, 0.2) is 5.12 Å². The van der Waals surface area contributed by atoms with Crippen molar-refractivity contribution in [2.24, 2.45) is 16.7 Å². The van der Waals surface area contributed by atoms with Crippen LogP contribution in [0, 0.1) is 16.7 Å². The van der Waals surface area contributed by atoms with Gasteiger partial charge in [-0.25, -0.2) is 0 Å². The molecule has 0 aliphatic heterocycles. The van der Waals surface area contributed by atoms with Crippen molar-refractivity contribution in [1.82, 2.24) is 0 Å². The Bertz CT molecular complexity index is 996. The van der Waals surface area contributed by atoms with Crippen molar-refractivity contribution in [2.45, 2.75) is 73.6 Å². The molecule has 0 amide bonds. The van der Waals surface area contributed by atoms with Crippen molar-refractivity contribution >= 4 is 28.5 Å². The van der Waals surface area contributed by atoms with Gasteiger partial charge in [-0.15, -0.1) is 0 Å². The summed E-state index contributed by atoms with van der Waals surface area (Å²) in [5, 5.41) is 0.298. The topological polar surface area (TPSA) is 26.3 Å². The Morgan fingerprint density at radius 1 is 1.00 bits per heavy atom. The molecule has 3 rings (SSSR count). The fraction of sp³-hybridized carbons (Fsp3) is 0.516. The van der Waals surface area contributed by atoms with Gasteiger partial charge in [0.05, 0.1) is 6.61 Å². The molecule has 34 heavy (non-hydrogen) atoms. The number of para-hydroxylation sites is 1. The first-order chi connectivity index (χ1) is 16.1. The van der Waals surface area contributed by atoms with Crippen molar-refractivity contribution in [3.8, 4) is 5.75 Å². The third kappa shape index (κ3) is 7.25. The maximum Gasteiger partial charge on any atom is 0.194 e. The molecule has 0 bridgehead atoms. The average Bonchev–Trinajstić information content (AvgIpc) is 3.00. The molecule has 2 nitrogen and oxygen atoms in total. The molecule has 184 valence electrons. The van der Waals surface area contributed by atoms with Gasteiger partial charge in [-0.1, -0.05) is 102 Å². The number of rotatable bonds is 9. The molecule has 1 aliphatic rings. The molecule has 0 fully saturated rings. The van der Waals surface area contributed by atoms with Gasteiger partial charge in [-0.2, -0.15) is 0 Å². The molecule has 3 heteroatoms. The summed E-state index contributed by atoms with van der Waals surface area (Å²) in [4.78, 5) is 12.9. The van der Waals surface area contributed by atoms with Gasteiger partial charge in [-0.05, 0) is 66.2 Å². The number of fused-ring (bicyclic) bond motifs is 1. The number of hydrogen-bond donors (Lipinski definition) is 0. The van der Waals surface area contributed by atoms with E-state index in [1.165, 1.54) is 34.0 Å². The second-order valence-corrected chi connectivity index (χ2v) is 12.5. The number of allylic oxidation sites excluding steroid dienone is 1. The zero-order chi connectivity index (χ0) is 24.8. The molecule has 0 saturated heterocycles. The highest BCUT2D eigenvalue weighted by Crippen LogP contribution is 2.39. The first kappa shape index (κ1) is 26.6. The van der Waals surface area contributed by atoms with E-state index in [0.29, 0.717) is 17.6 Å². The first-order valence-electron chi connectivity index (χ1n) is 12.8. The van der Waals surface area contributed by atoms with Crippen molar-refractivity contribution in [1.29, 1.82) is 0 Å². The van der Waals surface area contributed by atoms with Crippen LogP contribution in [-0.2, 0) is 11.2 Å². The van der Waals surface area contributed by atoms with Crippen molar-refractivity contribution in [3.63, 3.8) is 0 Å². The van der Waals surface area contributed by atoms with Gasteiger partial charge < -0.3 is 4.74 Å². The summed E-state index contributed by atoms with van der Waals surface area (Å²) in [6, 6.07) is 17.1. The standard InChI is InChI=1S/C31H42O2S/c1-23(22-30(2,3)4)31(5,6)29(32)34-20-12-19-33-28-18-10-9-17-27(28)26-16-11-15-24-13-7-8-14-25(24)21-26/h7-10,13-14,17-18,21,23H,11-12,15-16,19-20,22H2,1-6H3. The Kier molecular flexibility index (Phi) is 9.09. The highest BCUT2D eigenvalue weighted by atomic mass is 32.2. The molecular formula is C31H42O2S. The molecule has 1 unspecified atom stereocenters. The number of benzene rings is 2. The third-order valence-corrected chi connectivity index (χ3v) is 8.25. The van der Waals surface area contributed by atoms with E-state index in [0.717, 1.165) is 43.6 Å². The predicted molar refractivity (Wildman–Crippen MR) is 148 cm³/mol. The molecule has 2 aromatic carbocycles. The van der Waals surface area contributed by atoms with Gasteiger partial charge in [0.25, 0.3) is 0 Å². The normalized spacial score (nSPS) is 15.2. The Morgan fingerprint density at radius 2 is 1.71 bits per heavy atom. The lowest BCUT2D eigenvalue weighted by Crippen LogP contribution is -2.32. The summed E-state index contributed by atoms with van der Waals surface area (Å²) in [7, 11) is 0. The number of carbonyl (C=O) groups is 1. The van der Waals surface area contributed by atoms with Crippen LogP contribution < -0.4 is 4.74 Å². The lowest BCUT2D eigenvalue weighted by atomic mass is 9.73.